The monoisotopic (exact) mass is 185 g/mol. The number of aliphatic carboxylic acids is 1. The van der Waals surface area contributed by atoms with Gasteiger partial charge in [0.05, 0.1) is 12.0 Å². The van der Waals surface area contributed by atoms with Crippen LogP contribution in [0.4, 0.5) is 0 Å². The van der Waals surface area contributed by atoms with Gasteiger partial charge in [-0.15, -0.1) is 0 Å². The molecular formula is C9H15NO3. The standard InChI is InChI=1S/C9H15NO3/c11-9(12)7-4-10(5-7)6-8-2-1-3-13-8/h7-8H,1-6H2,(H,11,12)/t8-/m0/s1. The van der Waals surface area contributed by atoms with Crippen LogP contribution in [0, 0.1) is 5.92 Å². The molecule has 0 amide bonds. The maximum atomic E-state index is 10.5. The molecule has 2 aliphatic rings. The lowest BCUT2D eigenvalue weighted by Gasteiger charge is -2.37. The SMILES string of the molecule is O=C(O)C1CN(C[C@@H]2CCCO2)C1. The second-order valence-corrected chi connectivity index (χ2v) is 3.89. The van der Waals surface area contributed by atoms with E-state index >= 15 is 0 Å². The van der Waals surface area contributed by atoms with Crippen LogP contribution in [-0.2, 0) is 9.53 Å². The van der Waals surface area contributed by atoms with E-state index in [2.05, 4.69) is 4.90 Å². The molecule has 0 bridgehead atoms. The summed E-state index contributed by atoms with van der Waals surface area (Å²) in [6, 6.07) is 0. The number of carboxylic acid groups (broad SMARTS) is 1. The van der Waals surface area contributed by atoms with Crippen molar-refractivity contribution < 1.29 is 14.6 Å². The van der Waals surface area contributed by atoms with Gasteiger partial charge in [-0.3, -0.25) is 9.69 Å². The van der Waals surface area contributed by atoms with Gasteiger partial charge in [-0.25, -0.2) is 0 Å². The van der Waals surface area contributed by atoms with Gasteiger partial charge < -0.3 is 9.84 Å². The van der Waals surface area contributed by atoms with E-state index in [1.54, 1.807) is 0 Å². The molecule has 0 aromatic carbocycles. The highest BCUT2D eigenvalue weighted by atomic mass is 16.5. The number of ether oxygens (including phenoxy) is 1. The molecule has 13 heavy (non-hydrogen) atoms. The average molecular weight is 185 g/mol. The molecule has 2 saturated heterocycles. The minimum atomic E-state index is -0.663. The molecule has 0 saturated carbocycles. The topological polar surface area (TPSA) is 49.8 Å². The first-order valence-corrected chi connectivity index (χ1v) is 4.82. The summed E-state index contributed by atoms with van der Waals surface area (Å²) in [5, 5.41) is 8.65. The molecule has 0 aromatic rings. The highest BCUT2D eigenvalue weighted by Gasteiger charge is 2.34. The Labute approximate surface area is 77.5 Å². The molecule has 0 unspecified atom stereocenters. The van der Waals surface area contributed by atoms with E-state index in [1.165, 1.54) is 0 Å². The van der Waals surface area contributed by atoms with E-state index in [-0.39, 0.29) is 5.92 Å². The van der Waals surface area contributed by atoms with Crippen molar-refractivity contribution in [3.63, 3.8) is 0 Å². The summed E-state index contributed by atoms with van der Waals surface area (Å²) in [6.07, 6.45) is 2.64. The minimum absolute atomic E-state index is 0.138. The van der Waals surface area contributed by atoms with Crippen molar-refractivity contribution in [3.05, 3.63) is 0 Å². The lowest BCUT2D eigenvalue weighted by atomic mass is 10.00. The maximum absolute atomic E-state index is 10.5. The Morgan fingerprint density at radius 2 is 2.31 bits per heavy atom. The van der Waals surface area contributed by atoms with Crippen LogP contribution < -0.4 is 0 Å². The van der Waals surface area contributed by atoms with Crippen molar-refractivity contribution in [3.8, 4) is 0 Å². The molecule has 0 spiro atoms. The van der Waals surface area contributed by atoms with Crippen LogP contribution in [0.15, 0.2) is 0 Å². The molecule has 2 heterocycles. The van der Waals surface area contributed by atoms with Gasteiger partial charge in [0.2, 0.25) is 0 Å². The summed E-state index contributed by atoms with van der Waals surface area (Å²) in [6.45, 7) is 3.20. The van der Waals surface area contributed by atoms with Crippen molar-refractivity contribution in [1.29, 1.82) is 0 Å². The Morgan fingerprint density at radius 3 is 2.85 bits per heavy atom. The van der Waals surface area contributed by atoms with Crippen LogP contribution in [0.5, 0.6) is 0 Å². The Hall–Kier alpha value is -0.610. The van der Waals surface area contributed by atoms with Gasteiger partial charge in [0, 0.05) is 26.2 Å². The molecule has 2 aliphatic heterocycles. The van der Waals surface area contributed by atoms with Crippen molar-refractivity contribution >= 4 is 5.97 Å². The van der Waals surface area contributed by atoms with E-state index in [4.69, 9.17) is 9.84 Å². The second-order valence-electron chi connectivity index (χ2n) is 3.89. The van der Waals surface area contributed by atoms with Gasteiger partial charge in [0.15, 0.2) is 0 Å². The number of nitrogens with zero attached hydrogens (tertiary/aromatic N) is 1. The van der Waals surface area contributed by atoms with Crippen LogP contribution in [0.3, 0.4) is 0 Å². The van der Waals surface area contributed by atoms with E-state index in [1.807, 2.05) is 0 Å². The number of likely N-dealkylation sites (tertiary alicyclic amines) is 1. The second kappa shape index (κ2) is 3.64. The minimum Gasteiger partial charge on any atom is -0.481 e. The van der Waals surface area contributed by atoms with Crippen LogP contribution in [0.25, 0.3) is 0 Å². The van der Waals surface area contributed by atoms with Gasteiger partial charge in [0.25, 0.3) is 0 Å². The predicted octanol–water partition coefficient (Wildman–Crippen LogP) is 0.182. The first kappa shape index (κ1) is 8.97. The summed E-state index contributed by atoms with van der Waals surface area (Å²) in [4.78, 5) is 12.7. The summed E-state index contributed by atoms with van der Waals surface area (Å²) in [5.41, 5.74) is 0. The van der Waals surface area contributed by atoms with Crippen LogP contribution in [-0.4, -0.2) is 48.3 Å². The van der Waals surface area contributed by atoms with Crippen LogP contribution in [0.2, 0.25) is 0 Å². The molecule has 0 radical (unpaired) electrons. The molecule has 4 heteroatoms. The molecule has 0 aromatic heterocycles. The first-order chi connectivity index (χ1) is 6.25. The quantitative estimate of drug-likeness (QED) is 0.681. The molecular weight excluding hydrogens is 170 g/mol. The fraction of sp³-hybridized carbons (Fsp3) is 0.889. The maximum Gasteiger partial charge on any atom is 0.309 e. The van der Waals surface area contributed by atoms with Gasteiger partial charge in [0.1, 0.15) is 0 Å². The van der Waals surface area contributed by atoms with Gasteiger partial charge in [-0.2, -0.15) is 0 Å². The number of carboxylic acids is 1. The van der Waals surface area contributed by atoms with E-state index < -0.39 is 5.97 Å². The number of hydrogen-bond acceptors (Lipinski definition) is 3. The zero-order chi connectivity index (χ0) is 9.26. The molecule has 0 aliphatic carbocycles. The smallest absolute Gasteiger partial charge is 0.309 e. The van der Waals surface area contributed by atoms with Crippen molar-refractivity contribution in [2.45, 2.75) is 18.9 Å². The van der Waals surface area contributed by atoms with Gasteiger partial charge in [-0.05, 0) is 12.8 Å². The van der Waals surface area contributed by atoms with Crippen molar-refractivity contribution in [2.24, 2.45) is 5.92 Å². The van der Waals surface area contributed by atoms with Crippen LogP contribution >= 0.6 is 0 Å². The third-order valence-corrected chi connectivity index (χ3v) is 2.79. The van der Waals surface area contributed by atoms with Crippen molar-refractivity contribution in [1.82, 2.24) is 4.90 Å². The molecule has 2 rings (SSSR count). The zero-order valence-electron chi connectivity index (χ0n) is 7.61. The van der Waals surface area contributed by atoms with Crippen LogP contribution in [0.1, 0.15) is 12.8 Å². The Bertz CT molecular complexity index is 195. The van der Waals surface area contributed by atoms with Gasteiger partial charge >= 0.3 is 5.97 Å². The molecule has 1 N–H and O–H groups in total. The van der Waals surface area contributed by atoms with Gasteiger partial charge in [-0.1, -0.05) is 0 Å². The zero-order valence-corrected chi connectivity index (χ0v) is 7.61. The number of carbonyl (C=O) groups is 1. The highest BCUT2D eigenvalue weighted by Crippen LogP contribution is 2.20. The predicted molar refractivity (Wildman–Crippen MR) is 46.5 cm³/mol. The average Bonchev–Trinajstić information content (AvgIpc) is 2.46. The number of hydrogen-bond donors (Lipinski definition) is 1. The van der Waals surface area contributed by atoms with E-state index in [0.717, 1.165) is 26.0 Å². The lowest BCUT2D eigenvalue weighted by molar-refractivity contribution is -0.148. The fourth-order valence-corrected chi connectivity index (χ4v) is 1.95. The summed E-state index contributed by atoms with van der Waals surface area (Å²) in [7, 11) is 0. The third-order valence-electron chi connectivity index (χ3n) is 2.79. The molecule has 2 fully saturated rings. The summed E-state index contributed by atoms with van der Waals surface area (Å²) < 4.78 is 5.47. The first-order valence-electron chi connectivity index (χ1n) is 4.82. The Balaban J connectivity index is 1.66. The Morgan fingerprint density at radius 1 is 1.54 bits per heavy atom. The number of rotatable bonds is 3. The normalized spacial score (nSPS) is 30.3. The van der Waals surface area contributed by atoms with Crippen molar-refractivity contribution in [2.75, 3.05) is 26.2 Å². The third kappa shape index (κ3) is 2.00. The van der Waals surface area contributed by atoms with E-state index in [0.29, 0.717) is 19.2 Å². The van der Waals surface area contributed by atoms with E-state index in [9.17, 15) is 4.79 Å². The fourth-order valence-electron chi connectivity index (χ4n) is 1.95. The molecule has 4 nitrogen and oxygen atoms in total. The summed E-state index contributed by atoms with van der Waals surface area (Å²) >= 11 is 0. The lowest BCUT2D eigenvalue weighted by Crippen LogP contribution is -2.52. The largest absolute Gasteiger partial charge is 0.481 e. The Kier molecular flexibility index (Phi) is 2.51. The summed E-state index contributed by atoms with van der Waals surface area (Å²) in [5.74, 6) is -0.801. The highest BCUT2D eigenvalue weighted by molar-refractivity contribution is 5.71. The molecule has 74 valence electrons. The molecule has 1 atom stereocenters.